The third kappa shape index (κ3) is 4.30. The molecule has 0 unspecified atom stereocenters. The van der Waals surface area contributed by atoms with E-state index >= 15 is 0 Å². The third-order valence-corrected chi connectivity index (χ3v) is 4.38. The largest absolute Gasteiger partial charge is 0.467 e. The van der Waals surface area contributed by atoms with Crippen molar-refractivity contribution in [2.75, 3.05) is 18.9 Å². The summed E-state index contributed by atoms with van der Waals surface area (Å²) >= 11 is 0. The average Bonchev–Trinajstić information content (AvgIpc) is 3.27. The van der Waals surface area contributed by atoms with Gasteiger partial charge in [0.1, 0.15) is 5.76 Å². The summed E-state index contributed by atoms with van der Waals surface area (Å²) in [6, 6.07) is 10.7. The molecule has 1 aromatic heterocycles. The number of hydrogen-bond donors (Lipinski definition) is 2. The zero-order chi connectivity index (χ0) is 18.5. The van der Waals surface area contributed by atoms with Crippen LogP contribution in [0.4, 0.5) is 5.69 Å². The van der Waals surface area contributed by atoms with Gasteiger partial charge in [-0.25, -0.2) is 0 Å². The Morgan fingerprint density at radius 3 is 2.65 bits per heavy atom. The lowest BCUT2D eigenvalue weighted by atomic mass is 10.1. The van der Waals surface area contributed by atoms with Crippen molar-refractivity contribution < 1.29 is 18.8 Å². The number of nitrogens with one attached hydrogen (secondary N) is 2. The predicted molar refractivity (Wildman–Crippen MR) is 95.1 cm³/mol. The molecule has 2 N–H and O–H groups in total. The molecule has 7 heteroatoms. The number of likely N-dealkylation sites (tertiary alicyclic amines) is 1. The van der Waals surface area contributed by atoms with Crippen LogP contribution >= 0.6 is 0 Å². The minimum atomic E-state index is -0.386. The Bertz CT molecular complexity index is 784. The van der Waals surface area contributed by atoms with E-state index in [4.69, 9.17) is 4.42 Å². The molecule has 2 heterocycles. The summed E-state index contributed by atoms with van der Waals surface area (Å²) in [7, 11) is 1.59. The molecule has 1 fully saturated rings. The summed E-state index contributed by atoms with van der Waals surface area (Å²) in [5, 5.41) is 5.41. The van der Waals surface area contributed by atoms with Gasteiger partial charge in [0, 0.05) is 25.7 Å². The molecule has 1 aromatic carbocycles. The van der Waals surface area contributed by atoms with E-state index in [-0.39, 0.29) is 30.1 Å². The summed E-state index contributed by atoms with van der Waals surface area (Å²) in [5.41, 5.74) is 1.51. The van der Waals surface area contributed by atoms with E-state index in [2.05, 4.69) is 10.6 Å². The van der Waals surface area contributed by atoms with Crippen LogP contribution in [0.3, 0.4) is 0 Å². The lowest BCUT2D eigenvalue weighted by Gasteiger charge is -2.15. The van der Waals surface area contributed by atoms with Crippen LogP contribution in [0.5, 0.6) is 0 Å². The van der Waals surface area contributed by atoms with Gasteiger partial charge in [-0.2, -0.15) is 0 Å². The molecule has 7 nitrogen and oxygen atoms in total. The number of nitrogens with zero attached hydrogens (tertiary/aromatic N) is 1. The molecule has 136 valence electrons. The molecule has 0 bridgehead atoms. The van der Waals surface area contributed by atoms with Gasteiger partial charge >= 0.3 is 0 Å². The summed E-state index contributed by atoms with van der Waals surface area (Å²) in [4.78, 5) is 37.6. The Labute approximate surface area is 151 Å². The Morgan fingerprint density at radius 1 is 1.23 bits per heavy atom. The average molecular weight is 355 g/mol. The second-order valence-corrected chi connectivity index (χ2v) is 6.29. The van der Waals surface area contributed by atoms with Gasteiger partial charge in [0.25, 0.3) is 0 Å². The van der Waals surface area contributed by atoms with E-state index in [1.165, 1.54) is 0 Å². The molecule has 1 aliphatic heterocycles. The van der Waals surface area contributed by atoms with E-state index < -0.39 is 0 Å². The van der Waals surface area contributed by atoms with E-state index in [1.807, 2.05) is 0 Å². The number of carbonyl (C=O) groups is 3. The SMILES string of the molecule is CNC(=O)Cc1ccc(NC(=O)[C@@H]2CC(=O)N(Cc3ccco3)C2)cc1. The van der Waals surface area contributed by atoms with Crippen molar-refractivity contribution in [2.24, 2.45) is 5.92 Å². The molecule has 0 saturated carbocycles. The van der Waals surface area contributed by atoms with Crippen LogP contribution in [0.15, 0.2) is 47.1 Å². The number of amides is 3. The van der Waals surface area contributed by atoms with Gasteiger partial charge in [0.2, 0.25) is 17.7 Å². The van der Waals surface area contributed by atoms with Crippen LogP contribution in [0.2, 0.25) is 0 Å². The smallest absolute Gasteiger partial charge is 0.229 e. The first-order valence-corrected chi connectivity index (χ1v) is 8.45. The van der Waals surface area contributed by atoms with Gasteiger partial charge in [-0.15, -0.1) is 0 Å². The molecule has 3 amide bonds. The Kier molecular flexibility index (Phi) is 5.36. The number of anilines is 1. The molecule has 1 saturated heterocycles. The highest BCUT2D eigenvalue weighted by Gasteiger charge is 2.34. The van der Waals surface area contributed by atoms with Gasteiger partial charge < -0.3 is 20.0 Å². The zero-order valence-electron chi connectivity index (χ0n) is 14.5. The molecule has 1 atom stereocenters. The van der Waals surface area contributed by atoms with Crippen molar-refractivity contribution in [3.63, 3.8) is 0 Å². The van der Waals surface area contributed by atoms with Gasteiger partial charge in [-0.05, 0) is 29.8 Å². The summed E-state index contributed by atoms with van der Waals surface area (Å²) < 4.78 is 5.26. The normalized spacial score (nSPS) is 16.6. The fourth-order valence-corrected chi connectivity index (χ4v) is 2.92. The highest BCUT2D eigenvalue weighted by atomic mass is 16.3. The number of carbonyl (C=O) groups excluding carboxylic acids is 3. The second-order valence-electron chi connectivity index (χ2n) is 6.29. The molecule has 0 spiro atoms. The number of rotatable bonds is 6. The topological polar surface area (TPSA) is 91.7 Å². The molecular formula is C19H21N3O4. The quantitative estimate of drug-likeness (QED) is 0.822. The first kappa shape index (κ1) is 17.7. The first-order valence-electron chi connectivity index (χ1n) is 8.45. The molecule has 2 aromatic rings. The summed E-state index contributed by atoms with van der Waals surface area (Å²) in [6.45, 7) is 0.754. The standard InChI is InChI=1S/C19H21N3O4/c1-20-17(23)9-13-4-6-15(7-5-13)21-19(25)14-10-18(24)22(11-14)12-16-3-2-8-26-16/h2-8,14H,9-12H2,1H3,(H,20,23)(H,21,25)/t14-/m1/s1. The fourth-order valence-electron chi connectivity index (χ4n) is 2.92. The van der Waals surface area contributed by atoms with E-state index in [0.29, 0.717) is 31.0 Å². The summed E-state index contributed by atoms with van der Waals surface area (Å²) in [6.07, 6.45) is 2.05. The highest BCUT2D eigenvalue weighted by Crippen LogP contribution is 2.22. The van der Waals surface area contributed by atoms with Crippen LogP contribution in [0.1, 0.15) is 17.7 Å². The minimum absolute atomic E-state index is 0.0533. The number of benzene rings is 1. The van der Waals surface area contributed by atoms with Gasteiger partial charge in [-0.1, -0.05) is 12.1 Å². The van der Waals surface area contributed by atoms with Crippen molar-refractivity contribution in [3.8, 4) is 0 Å². The van der Waals surface area contributed by atoms with Crippen LogP contribution in [0, 0.1) is 5.92 Å². The Morgan fingerprint density at radius 2 is 2.00 bits per heavy atom. The number of likely N-dealkylation sites (N-methyl/N-ethyl adjacent to an activating group) is 1. The maximum Gasteiger partial charge on any atom is 0.229 e. The van der Waals surface area contributed by atoms with Gasteiger partial charge in [0.15, 0.2) is 0 Å². The minimum Gasteiger partial charge on any atom is -0.467 e. The van der Waals surface area contributed by atoms with Crippen LogP contribution in [-0.4, -0.2) is 36.2 Å². The monoisotopic (exact) mass is 355 g/mol. The highest BCUT2D eigenvalue weighted by molar-refractivity contribution is 5.97. The van der Waals surface area contributed by atoms with E-state index in [0.717, 1.165) is 5.56 Å². The van der Waals surface area contributed by atoms with Gasteiger partial charge in [0.05, 0.1) is 25.1 Å². The molecular weight excluding hydrogens is 334 g/mol. The number of furan rings is 1. The van der Waals surface area contributed by atoms with Crippen molar-refractivity contribution in [1.82, 2.24) is 10.2 Å². The fraction of sp³-hybridized carbons (Fsp3) is 0.316. The predicted octanol–water partition coefficient (Wildman–Crippen LogP) is 1.56. The zero-order valence-corrected chi connectivity index (χ0v) is 14.5. The molecule has 26 heavy (non-hydrogen) atoms. The lowest BCUT2D eigenvalue weighted by Crippen LogP contribution is -2.27. The molecule has 3 rings (SSSR count). The maximum absolute atomic E-state index is 12.4. The second kappa shape index (κ2) is 7.86. The van der Waals surface area contributed by atoms with Crippen LogP contribution < -0.4 is 10.6 Å². The van der Waals surface area contributed by atoms with Crippen molar-refractivity contribution in [3.05, 3.63) is 54.0 Å². The maximum atomic E-state index is 12.4. The van der Waals surface area contributed by atoms with Crippen molar-refractivity contribution in [1.29, 1.82) is 0 Å². The molecule has 0 radical (unpaired) electrons. The summed E-state index contributed by atoms with van der Waals surface area (Å²) in [5.74, 6) is 0.0128. The Hall–Kier alpha value is -3.09. The third-order valence-electron chi connectivity index (χ3n) is 4.38. The van der Waals surface area contributed by atoms with Crippen molar-refractivity contribution >= 4 is 23.4 Å². The molecule has 1 aliphatic rings. The van der Waals surface area contributed by atoms with Crippen molar-refractivity contribution in [2.45, 2.75) is 19.4 Å². The van der Waals surface area contributed by atoms with Gasteiger partial charge in [-0.3, -0.25) is 14.4 Å². The Balaban J connectivity index is 1.55. The number of hydrogen-bond acceptors (Lipinski definition) is 4. The van der Waals surface area contributed by atoms with Crippen LogP contribution in [0.25, 0.3) is 0 Å². The first-order chi connectivity index (χ1) is 12.5. The lowest BCUT2D eigenvalue weighted by molar-refractivity contribution is -0.128. The molecule has 0 aliphatic carbocycles. The van der Waals surface area contributed by atoms with Crippen LogP contribution in [-0.2, 0) is 27.3 Å². The van der Waals surface area contributed by atoms with E-state index in [9.17, 15) is 14.4 Å². The van der Waals surface area contributed by atoms with E-state index in [1.54, 1.807) is 54.6 Å².